The van der Waals surface area contributed by atoms with E-state index in [1.807, 2.05) is 25.1 Å². The smallest absolute Gasteiger partial charge is 0.195 e. The maximum atomic E-state index is 5.65. The van der Waals surface area contributed by atoms with Crippen molar-refractivity contribution in [2.45, 2.75) is 20.8 Å². The number of ether oxygens (including phenoxy) is 2. The highest BCUT2D eigenvalue weighted by molar-refractivity contribution is 5.93. The van der Waals surface area contributed by atoms with Crippen LogP contribution in [0.1, 0.15) is 20.8 Å². The van der Waals surface area contributed by atoms with Gasteiger partial charge >= 0.3 is 0 Å². The van der Waals surface area contributed by atoms with Crippen molar-refractivity contribution in [2.75, 3.05) is 71.9 Å². The van der Waals surface area contributed by atoms with Gasteiger partial charge in [-0.2, -0.15) is 0 Å². The Morgan fingerprint density at radius 1 is 1.14 bits per heavy atom. The summed E-state index contributed by atoms with van der Waals surface area (Å²) in [4.78, 5) is 9.42. The molecule has 1 heterocycles. The Morgan fingerprint density at radius 3 is 2.46 bits per heavy atom. The number of nitrogens with zero attached hydrogens (tertiary/aromatic N) is 3. The van der Waals surface area contributed by atoms with Gasteiger partial charge in [0.1, 0.15) is 0 Å². The Hall–Kier alpha value is -1.99. The molecule has 0 aromatic heterocycles. The molecule has 0 bridgehead atoms. The molecule has 1 aromatic carbocycles. The van der Waals surface area contributed by atoms with Gasteiger partial charge in [-0.05, 0) is 31.5 Å². The van der Waals surface area contributed by atoms with Gasteiger partial charge in [0, 0.05) is 58.1 Å². The van der Waals surface area contributed by atoms with Crippen molar-refractivity contribution in [1.29, 1.82) is 0 Å². The monoisotopic (exact) mass is 391 g/mol. The third kappa shape index (κ3) is 6.87. The highest BCUT2D eigenvalue weighted by Gasteiger charge is 2.17. The average Bonchev–Trinajstić information content (AvgIpc) is 2.72. The first-order valence-corrected chi connectivity index (χ1v) is 10.3. The Morgan fingerprint density at radius 2 is 1.86 bits per heavy atom. The van der Waals surface area contributed by atoms with Gasteiger partial charge in [-0.1, -0.05) is 13.8 Å². The van der Waals surface area contributed by atoms with E-state index in [9.17, 15) is 0 Å². The summed E-state index contributed by atoms with van der Waals surface area (Å²) in [7, 11) is 3.44. The molecule has 7 nitrogen and oxygen atoms in total. The average molecular weight is 392 g/mol. The zero-order chi connectivity index (χ0) is 20.4. The van der Waals surface area contributed by atoms with Crippen LogP contribution in [0.15, 0.2) is 23.2 Å². The summed E-state index contributed by atoms with van der Waals surface area (Å²) in [6.07, 6.45) is 0. The van der Waals surface area contributed by atoms with Crippen LogP contribution in [-0.4, -0.2) is 82.3 Å². The number of hydrogen-bond acceptors (Lipinski definition) is 5. The van der Waals surface area contributed by atoms with Crippen LogP contribution in [0.2, 0.25) is 0 Å². The normalized spacial score (nSPS) is 17.2. The molecule has 158 valence electrons. The van der Waals surface area contributed by atoms with Crippen molar-refractivity contribution < 1.29 is 9.47 Å². The minimum atomic E-state index is 0.543. The molecule has 1 saturated heterocycles. The molecular formula is C21H37N5O2. The maximum absolute atomic E-state index is 5.65. The minimum Gasteiger partial charge on any atom is -0.493 e. The number of nitrogens with one attached hydrogen (secondary N) is 2. The van der Waals surface area contributed by atoms with Crippen molar-refractivity contribution >= 4 is 11.6 Å². The van der Waals surface area contributed by atoms with Gasteiger partial charge in [0.25, 0.3) is 0 Å². The molecule has 28 heavy (non-hydrogen) atoms. The van der Waals surface area contributed by atoms with E-state index in [0.29, 0.717) is 12.5 Å². The highest BCUT2D eigenvalue weighted by Crippen LogP contribution is 2.30. The Labute approximate surface area is 170 Å². The third-order valence-corrected chi connectivity index (χ3v) is 5.05. The van der Waals surface area contributed by atoms with Crippen LogP contribution in [0.4, 0.5) is 5.69 Å². The van der Waals surface area contributed by atoms with Crippen LogP contribution in [0.3, 0.4) is 0 Å². The number of likely N-dealkylation sites (N-methyl/N-ethyl adjacent to an activating group) is 1. The molecule has 1 aliphatic heterocycles. The Balaban J connectivity index is 1.81. The predicted octanol–water partition coefficient (Wildman–Crippen LogP) is 2.35. The second kappa shape index (κ2) is 11.8. The summed E-state index contributed by atoms with van der Waals surface area (Å²) in [5.74, 6) is 2.76. The number of aliphatic imine (C=N–C) groups is 1. The second-order valence-corrected chi connectivity index (χ2v) is 7.22. The lowest BCUT2D eigenvalue weighted by Crippen LogP contribution is -2.48. The summed E-state index contributed by atoms with van der Waals surface area (Å²) in [6.45, 7) is 14.9. The first-order chi connectivity index (χ1) is 13.6. The van der Waals surface area contributed by atoms with E-state index < -0.39 is 0 Å². The summed E-state index contributed by atoms with van der Waals surface area (Å²) in [5.41, 5.74) is 0.917. The maximum Gasteiger partial charge on any atom is 0.195 e. The van der Waals surface area contributed by atoms with Crippen LogP contribution in [0.5, 0.6) is 11.5 Å². The van der Waals surface area contributed by atoms with Crippen LogP contribution in [0, 0.1) is 5.92 Å². The van der Waals surface area contributed by atoms with Crippen LogP contribution in [0.25, 0.3) is 0 Å². The fraction of sp³-hybridized carbons (Fsp3) is 0.667. The van der Waals surface area contributed by atoms with Crippen molar-refractivity contribution in [3.63, 3.8) is 0 Å². The van der Waals surface area contributed by atoms with Gasteiger partial charge < -0.3 is 29.9 Å². The SMILES string of the molecule is CCOc1cc(NC(=NC)NCC(C)CN2CCN(CC)CC2)ccc1OC. The minimum absolute atomic E-state index is 0.543. The molecule has 1 aromatic rings. The Kier molecular flexibility index (Phi) is 9.37. The van der Waals surface area contributed by atoms with Gasteiger partial charge in [-0.3, -0.25) is 4.99 Å². The number of methoxy groups -OCH3 is 1. The second-order valence-electron chi connectivity index (χ2n) is 7.22. The fourth-order valence-electron chi connectivity index (χ4n) is 3.40. The lowest BCUT2D eigenvalue weighted by atomic mass is 10.1. The summed E-state index contributed by atoms with van der Waals surface area (Å²) in [5, 5.41) is 6.77. The van der Waals surface area contributed by atoms with Crippen LogP contribution >= 0.6 is 0 Å². The summed E-state index contributed by atoms with van der Waals surface area (Å²) in [6, 6.07) is 5.80. The van der Waals surface area contributed by atoms with E-state index >= 15 is 0 Å². The number of hydrogen-bond donors (Lipinski definition) is 2. The molecule has 7 heteroatoms. The molecule has 2 rings (SSSR count). The fourth-order valence-corrected chi connectivity index (χ4v) is 3.40. The standard InChI is InChI=1S/C21H37N5O2/c1-6-25-10-12-26(13-11-25)16-17(3)15-23-21(22-4)24-18-8-9-19(27-5)20(14-18)28-7-2/h8-9,14,17H,6-7,10-13,15-16H2,1-5H3,(H2,22,23,24). The van der Waals surface area contributed by atoms with E-state index in [0.717, 1.165) is 55.9 Å². The van der Waals surface area contributed by atoms with E-state index in [4.69, 9.17) is 9.47 Å². The summed E-state index contributed by atoms with van der Waals surface area (Å²) < 4.78 is 11.0. The number of benzene rings is 1. The quantitative estimate of drug-likeness (QED) is 0.498. The van der Waals surface area contributed by atoms with Crippen molar-refractivity contribution in [1.82, 2.24) is 15.1 Å². The number of piperazine rings is 1. The van der Waals surface area contributed by atoms with Gasteiger partial charge in [-0.25, -0.2) is 0 Å². The molecular weight excluding hydrogens is 354 g/mol. The van der Waals surface area contributed by atoms with Crippen LogP contribution < -0.4 is 20.1 Å². The van der Waals surface area contributed by atoms with E-state index in [-0.39, 0.29) is 0 Å². The lowest BCUT2D eigenvalue weighted by molar-refractivity contribution is 0.124. The van der Waals surface area contributed by atoms with E-state index in [1.54, 1.807) is 14.2 Å². The molecule has 1 atom stereocenters. The number of anilines is 1. The topological polar surface area (TPSA) is 61.4 Å². The van der Waals surface area contributed by atoms with Crippen molar-refractivity contribution in [2.24, 2.45) is 10.9 Å². The molecule has 1 unspecified atom stereocenters. The number of rotatable bonds is 9. The van der Waals surface area contributed by atoms with Crippen molar-refractivity contribution in [3.05, 3.63) is 18.2 Å². The van der Waals surface area contributed by atoms with Gasteiger partial charge in [0.05, 0.1) is 13.7 Å². The first-order valence-electron chi connectivity index (χ1n) is 10.3. The molecule has 0 saturated carbocycles. The zero-order valence-electron chi connectivity index (χ0n) is 18.1. The molecule has 0 amide bonds. The predicted molar refractivity (Wildman–Crippen MR) is 117 cm³/mol. The van der Waals surface area contributed by atoms with Gasteiger partial charge in [0.2, 0.25) is 0 Å². The molecule has 1 fully saturated rings. The van der Waals surface area contributed by atoms with Crippen molar-refractivity contribution in [3.8, 4) is 11.5 Å². The van der Waals surface area contributed by atoms with E-state index in [1.165, 1.54) is 13.1 Å². The number of guanidine groups is 1. The van der Waals surface area contributed by atoms with Gasteiger partial charge in [-0.15, -0.1) is 0 Å². The molecule has 2 N–H and O–H groups in total. The molecule has 0 spiro atoms. The first kappa shape index (κ1) is 22.3. The molecule has 1 aliphatic rings. The van der Waals surface area contributed by atoms with Gasteiger partial charge in [0.15, 0.2) is 17.5 Å². The summed E-state index contributed by atoms with van der Waals surface area (Å²) >= 11 is 0. The zero-order valence-corrected chi connectivity index (χ0v) is 18.1. The highest BCUT2D eigenvalue weighted by atomic mass is 16.5. The molecule has 0 aliphatic carbocycles. The van der Waals surface area contributed by atoms with Crippen LogP contribution in [-0.2, 0) is 0 Å². The Bertz CT molecular complexity index is 615. The lowest BCUT2D eigenvalue weighted by Gasteiger charge is -2.35. The third-order valence-electron chi connectivity index (χ3n) is 5.05. The largest absolute Gasteiger partial charge is 0.493 e. The molecule has 0 radical (unpaired) electrons. The van der Waals surface area contributed by atoms with E-state index in [2.05, 4.69) is 39.3 Å².